The molecule has 0 spiro atoms. The van der Waals surface area contributed by atoms with E-state index in [0.29, 0.717) is 12.3 Å². The minimum atomic E-state index is -0.707. The minimum Gasteiger partial charge on any atom is -0.260 e. The normalized spacial score (nSPS) is 12.1. The Hall–Kier alpha value is -0.540. The van der Waals surface area contributed by atoms with Crippen molar-refractivity contribution in [3.63, 3.8) is 0 Å². The summed E-state index contributed by atoms with van der Waals surface area (Å²) in [5, 5.41) is 3.35. The van der Waals surface area contributed by atoms with Gasteiger partial charge in [0.2, 0.25) is 0 Å². The second-order valence-corrected chi connectivity index (χ2v) is 3.85. The summed E-state index contributed by atoms with van der Waals surface area (Å²) < 4.78 is 11.0. The molecule has 0 heterocycles. The minimum absolute atomic E-state index is 0.464. The monoisotopic (exact) mass is 175 g/mol. The maximum Gasteiger partial charge on any atom is 0.0266 e. The number of hydrogen-bond donors (Lipinski definition) is 0. The van der Waals surface area contributed by atoms with E-state index in [9.17, 15) is 4.21 Å². The molecule has 0 saturated carbocycles. The summed E-state index contributed by atoms with van der Waals surface area (Å²) in [6.07, 6.45) is 1.69. The Morgan fingerprint density at radius 1 is 1.55 bits per heavy atom. The van der Waals surface area contributed by atoms with Crippen molar-refractivity contribution < 1.29 is 4.21 Å². The molecule has 0 aromatic heterocycles. The van der Waals surface area contributed by atoms with Crippen LogP contribution >= 0.6 is 0 Å². The fourth-order valence-electron chi connectivity index (χ4n) is 0.671. The summed E-state index contributed by atoms with van der Waals surface area (Å²) in [6, 6.07) is 0. The van der Waals surface area contributed by atoms with E-state index in [1.54, 1.807) is 0 Å². The molecule has 0 saturated heterocycles. The van der Waals surface area contributed by atoms with E-state index in [4.69, 9.17) is 5.53 Å². The van der Waals surface area contributed by atoms with Crippen LogP contribution in [0.4, 0.5) is 0 Å². The first-order chi connectivity index (χ1) is 5.31. The van der Waals surface area contributed by atoms with E-state index in [1.165, 1.54) is 0 Å². The maximum atomic E-state index is 11.0. The lowest BCUT2D eigenvalue weighted by Gasteiger charge is -1.95. The summed E-state index contributed by atoms with van der Waals surface area (Å²) in [6.45, 7) is 2.47. The average molecular weight is 175 g/mol. The van der Waals surface area contributed by atoms with Gasteiger partial charge in [-0.05, 0) is 18.4 Å². The van der Waals surface area contributed by atoms with E-state index >= 15 is 0 Å². The van der Waals surface area contributed by atoms with Crippen molar-refractivity contribution in [1.29, 1.82) is 0 Å². The number of azide groups is 1. The Morgan fingerprint density at radius 2 is 2.27 bits per heavy atom. The zero-order valence-corrected chi connectivity index (χ0v) is 7.51. The van der Waals surface area contributed by atoms with Gasteiger partial charge >= 0.3 is 0 Å². The third kappa shape index (κ3) is 7.36. The van der Waals surface area contributed by atoms with Crippen molar-refractivity contribution in [2.45, 2.75) is 19.8 Å². The van der Waals surface area contributed by atoms with Crippen LogP contribution in [0.3, 0.4) is 0 Å². The topological polar surface area (TPSA) is 65.8 Å². The van der Waals surface area contributed by atoms with Crippen LogP contribution in [0.25, 0.3) is 10.4 Å². The number of nitrogens with zero attached hydrogens (tertiary/aromatic N) is 3. The molecule has 0 aliphatic carbocycles. The lowest BCUT2D eigenvalue weighted by Crippen LogP contribution is -2.02. The highest BCUT2D eigenvalue weighted by atomic mass is 32.2. The van der Waals surface area contributed by atoms with E-state index in [0.717, 1.165) is 18.6 Å². The fourth-order valence-corrected chi connectivity index (χ4v) is 1.78. The van der Waals surface area contributed by atoms with Crippen LogP contribution in [-0.4, -0.2) is 22.3 Å². The highest BCUT2D eigenvalue weighted by Crippen LogP contribution is 1.91. The third-order valence-electron chi connectivity index (χ3n) is 1.13. The molecule has 1 unspecified atom stereocenters. The van der Waals surface area contributed by atoms with Gasteiger partial charge in [0.15, 0.2) is 0 Å². The van der Waals surface area contributed by atoms with Crippen molar-refractivity contribution in [1.82, 2.24) is 0 Å². The van der Waals surface area contributed by atoms with Crippen LogP contribution in [0.1, 0.15) is 19.8 Å². The van der Waals surface area contributed by atoms with E-state index < -0.39 is 10.8 Å². The number of rotatable bonds is 6. The standard InChI is InChI=1S/C6H13N3OS/c1-2-5-11(10)6-3-4-8-9-7/h2-6H2,1H3. The van der Waals surface area contributed by atoms with Crippen molar-refractivity contribution in [2.75, 3.05) is 18.1 Å². The molecule has 0 aliphatic heterocycles. The molecule has 0 bridgehead atoms. The van der Waals surface area contributed by atoms with Crippen molar-refractivity contribution >= 4 is 10.8 Å². The lowest BCUT2D eigenvalue weighted by atomic mass is 10.5. The molecule has 1 atom stereocenters. The van der Waals surface area contributed by atoms with Crippen molar-refractivity contribution in [3.8, 4) is 0 Å². The predicted octanol–water partition coefficient (Wildman–Crippen LogP) is 1.85. The van der Waals surface area contributed by atoms with E-state index in [2.05, 4.69) is 10.0 Å². The quantitative estimate of drug-likeness (QED) is 0.263. The zero-order valence-electron chi connectivity index (χ0n) is 6.69. The molecular formula is C6H13N3OS. The maximum absolute atomic E-state index is 11.0. The molecule has 0 aromatic rings. The SMILES string of the molecule is CCCS(=O)CCCN=[N+]=[N-]. The predicted molar refractivity (Wildman–Crippen MR) is 46.8 cm³/mol. The molecule has 0 fully saturated rings. The average Bonchev–Trinajstić information content (AvgIpc) is 1.99. The summed E-state index contributed by atoms with van der Waals surface area (Å²) >= 11 is 0. The molecule has 64 valence electrons. The Labute approximate surface area is 69.1 Å². The Morgan fingerprint density at radius 3 is 2.82 bits per heavy atom. The molecule has 11 heavy (non-hydrogen) atoms. The van der Waals surface area contributed by atoms with Gasteiger partial charge in [0.05, 0.1) is 0 Å². The van der Waals surface area contributed by atoms with Crippen LogP contribution in [-0.2, 0) is 10.8 Å². The Kier molecular flexibility index (Phi) is 7.19. The van der Waals surface area contributed by atoms with Crippen LogP contribution in [0.2, 0.25) is 0 Å². The molecule has 0 amide bonds. The molecule has 0 aromatic carbocycles. The molecular weight excluding hydrogens is 162 g/mol. The van der Waals surface area contributed by atoms with Crippen molar-refractivity contribution in [2.24, 2.45) is 5.11 Å². The van der Waals surface area contributed by atoms with Crippen LogP contribution in [0, 0.1) is 0 Å². The van der Waals surface area contributed by atoms with Gasteiger partial charge in [-0.3, -0.25) is 4.21 Å². The smallest absolute Gasteiger partial charge is 0.0266 e. The molecule has 5 heteroatoms. The van der Waals surface area contributed by atoms with Gasteiger partial charge in [0.1, 0.15) is 0 Å². The first kappa shape index (κ1) is 10.5. The van der Waals surface area contributed by atoms with Gasteiger partial charge in [-0.1, -0.05) is 12.0 Å². The van der Waals surface area contributed by atoms with Gasteiger partial charge in [0, 0.05) is 33.8 Å². The number of hydrogen-bond acceptors (Lipinski definition) is 2. The largest absolute Gasteiger partial charge is 0.260 e. The summed E-state index contributed by atoms with van der Waals surface area (Å²) in [4.78, 5) is 2.60. The van der Waals surface area contributed by atoms with Gasteiger partial charge in [0.25, 0.3) is 0 Å². The van der Waals surface area contributed by atoms with Crippen molar-refractivity contribution in [3.05, 3.63) is 10.4 Å². The Balaban J connectivity index is 3.23. The Bertz CT molecular complexity index is 165. The fraction of sp³-hybridized carbons (Fsp3) is 1.00. The van der Waals surface area contributed by atoms with Gasteiger partial charge in [-0.2, -0.15) is 0 Å². The van der Waals surface area contributed by atoms with Crippen LogP contribution < -0.4 is 0 Å². The highest BCUT2D eigenvalue weighted by Gasteiger charge is 1.95. The highest BCUT2D eigenvalue weighted by molar-refractivity contribution is 7.84. The lowest BCUT2D eigenvalue weighted by molar-refractivity contribution is 0.679. The molecule has 0 radical (unpaired) electrons. The van der Waals surface area contributed by atoms with Gasteiger partial charge < -0.3 is 0 Å². The second-order valence-electron chi connectivity index (χ2n) is 2.16. The van der Waals surface area contributed by atoms with Gasteiger partial charge in [-0.25, -0.2) is 0 Å². The second kappa shape index (κ2) is 7.57. The van der Waals surface area contributed by atoms with Gasteiger partial charge in [-0.15, -0.1) is 0 Å². The molecule has 0 aliphatic rings. The van der Waals surface area contributed by atoms with Crippen LogP contribution in [0.15, 0.2) is 5.11 Å². The van der Waals surface area contributed by atoms with E-state index in [-0.39, 0.29) is 0 Å². The van der Waals surface area contributed by atoms with Crippen LogP contribution in [0.5, 0.6) is 0 Å². The summed E-state index contributed by atoms with van der Waals surface area (Å²) in [7, 11) is -0.707. The zero-order chi connectivity index (χ0) is 8.53. The third-order valence-corrected chi connectivity index (χ3v) is 2.73. The van der Waals surface area contributed by atoms with E-state index in [1.807, 2.05) is 6.92 Å². The summed E-state index contributed by atoms with van der Waals surface area (Å²) in [5.41, 5.74) is 7.92. The summed E-state index contributed by atoms with van der Waals surface area (Å²) in [5.74, 6) is 1.42. The molecule has 4 nitrogen and oxygen atoms in total. The molecule has 0 rings (SSSR count). The first-order valence-corrected chi connectivity index (χ1v) is 5.16. The molecule has 0 N–H and O–H groups in total. The first-order valence-electron chi connectivity index (χ1n) is 3.67.